The molecular formula is C77H132N2O24. The fourth-order valence-electron chi connectivity index (χ4n) is 18.5. The number of methoxy groups -OCH3 is 2. The maximum absolute atomic E-state index is 14.4. The lowest BCUT2D eigenvalue weighted by Gasteiger charge is -2.48. The molecule has 14 unspecified atom stereocenters. The van der Waals surface area contributed by atoms with Crippen LogP contribution < -0.4 is 11.1 Å². The third kappa shape index (κ3) is 18.3. The van der Waals surface area contributed by atoms with Gasteiger partial charge in [0.2, 0.25) is 0 Å². The number of rotatable bonds is 19. The van der Waals surface area contributed by atoms with E-state index in [4.69, 9.17) is 72.0 Å². The van der Waals surface area contributed by atoms with Crippen molar-refractivity contribution < 1.29 is 117 Å². The van der Waals surface area contributed by atoms with Gasteiger partial charge in [0.1, 0.15) is 47.8 Å². The fraction of sp³-hybridized carbons (Fsp3) is 0.896. The predicted octanol–water partition coefficient (Wildman–Crippen LogP) is 5.87. The number of esters is 2. The zero-order valence-electron chi connectivity index (χ0n) is 65.4. The molecule has 38 atom stereocenters. The second-order valence-electron chi connectivity index (χ2n) is 33.6. The summed E-state index contributed by atoms with van der Waals surface area (Å²) >= 11 is 0. The highest BCUT2D eigenvalue weighted by molar-refractivity contribution is 5.73. The van der Waals surface area contributed by atoms with Gasteiger partial charge in [-0.05, 0) is 139 Å². The third-order valence-corrected chi connectivity index (χ3v) is 24.9. The number of cyclic esters (lactones) is 2. The Kier molecular flexibility index (Phi) is 28.6. The molecule has 26 heteroatoms. The maximum atomic E-state index is 14.4. The van der Waals surface area contributed by atoms with Crippen LogP contribution in [-0.4, -0.2) is 248 Å². The smallest absolute Gasteiger partial charge is 0.311 e. The van der Waals surface area contributed by atoms with Crippen LogP contribution in [0.5, 0.6) is 0 Å². The molecule has 0 aromatic heterocycles. The van der Waals surface area contributed by atoms with Gasteiger partial charge < -0.3 is 118 Å². The second kappa shape index (κ2) is 34.3. The van der Waals surface area contributed by atoms with Gasteiger partial charge in [-0.1, -0.05) is 85.7 Å². The first-order chi connectivity index (χ1) is 48.0. The molecule has 4 bridgehead atoms. The highest BCUT2D eigenvalue weighted by Crippen LogP contribution is 2.51. The topological polar surface area (TPSA) is 363 Å². The van der Waals surface area contributed by atoms with E-state index >= 15 is 0 Å². The number of hydrogen-bond donors (Lipinski definition) is 10. The number of carbonyl (C=O) groups excluding carboxylic acids is 2. The molecule has 11 N–H and O–H groups in total. The molecule has 1 aromatic rings. The summed E-state index contributed by atoms with van der Waals surface area (Å²) in [5.41, 5.74) is -0.136. The maximum Gasteiger partial charge on any atom is 0.311 e. The lowest BCUT2D eigenvalue weighted by atomic mass is 9.76. The van der Waals surface area contributed by atoms with E-state index in [1.807, 2.05) is 92.6 Å². The number of nitrogens with two attached hydrogens (primary N) is 1. The average Bonchev–Trinajstić information content (AvgIpc) is 1.63. The number of aliphatic hydroxyl groups excluding tert-OH is 6. The third-order valence-electron chi connectivity index (χ3n) is 24.9. The molecule has 0 saturated carbocycles. The van der Waals surface area contributed by atoms with Gasteiger partial charge in [-0.2, -0.15) is 0 Å². The molecule has 0 amide bonds. The van der Waals surface area contributed by atoms with E-state index in [0.29, 0.717) is 32.2 Å². The van der Waals surface area contributed by atoms with Crippen LogP contribution in [-0.2, 0) is 82.4 Å². The normalized spacial score (nSPS) is 48.3. The minimum Gasteiger partial charge on any atom is -0.459 e. The minimum atomic E-state index is -1.80. The Hall–Kier alpha value is -2.72. The highest BCUT2D eigenvalue weighted by atomic mass is 16.7. The lowest BCUT2D eigenvalue weighted by molar-refractivity contribution is -0.316. The van der Waals surface area contributed by atoms with Gasteiger partial charge in [-0.3, -0.25) is 9.59 Å². The van der Waals surface area contributed by atoms with Gasteiger partial charge in [-0.15, -0.1) is 0 Å². The van der Waals surface area contributed by atoms with Gasteiger partial charge in [0, 0.05) is 69.4 Å². The quantitative estimate of drug-likeness (QED) is 0.0724. The molecule has 103 heavy (non-hydrogen) atoms. The van der Waals surface area contributed by atoms with E-state index in [9.17, 15) is 50.4 Å². The Morgan fingerprint density at radius 3 is 1.34 bits per heavy atom. The lowest BCUT2D eigenvalue weighted by Crippen LogP contribution is -2.60. The molecule has 0 radical (unpaired) electrons. The molecule has 0 spiro atoms. The molecule has 594 valence electrons. The number of carbonyl (C=O) groups is 2. The van der Waals surface area contributed by atoms with E-state index in [0.717, 1.165) is 5.56 Å². The zero-order chi connectivity index (χ0) is 76.7. The monoisotopic (exact) mass is 1470 g/mol. The summed E-state index contributed by atoms with van der Waals surface area (Å²) in [4.78, 5) is 28.6. The minimum absolute atomic E-state index is 0.0694. The molecule has 0 aliphatic carbocycles. The zero-order valence-corrected chi connectivity index (χ0v) is 65.4. The molecule has 8 aliphatic heterocycles. The number of fused-ring (bicyclic) bond motifs is 4. The predicted molar refractivity (Wildman–Crippen MR) is 378 cm³/mol. The van der Waals surface area contributed by atoms with Crippen LogP contribution in [0.1, 0.15) is 195 Å². The van der Waals surface area contributed by atoms with Gasteiger partial charge in [0.05, 0.1) is 107 Å². The van der Waals surface area contributed by atoms with Crippen LogP contribution in [0.3, 0.4) is 0 Å². The van der Waals surface area contributed by atoms with Crippen molar-refractivity contribution in [2.45, 2.75) is 377 Å². The summed E-state index contributed by atoms with van der Waals surface area (Å²) in [7, 11) is 3.05. The van der Waals surface area contributed by atoms with Crippen molar-refractivity contribution in [1.29, 1.82) is 0 Å². The second-order valence-corrected chi connectivity index (χ2v) is 33.6. The largest absolute Gasteiger partial charge is 0.459 e. The Morgan fingerprint density at radius 2 is 0.951 bits per heavy atom. The first kappa shape index (κ1) is 85.9. The molecule has 8 fully saturated rings. The van der Waals surface area contributed by atoms with Crippen molar-refractivity contribution in [3.05, 3.63) is 35.9 Å². The van der Waals surface area contributed by atoms with Gasteiger partial charge >= 0.3 is 11.9 Å². The van der Waals surface area contributed by atoms with Crippen LogP contribution in [0, 0.1) is 47.3 Å². The standard InChI is InChI=1S/C42H69NO12.C35H63NO12/c1-12-30(44)42(10,48)37-24(4)33-22(2)19-41(9,55-33)36(54-39-32(45)29(18-23(3)50-39)43-21-28-16-14-13-15-17-28)25(5)34(26(6)38(47)53-37)52-31-20-40(8,49-11)35(46)27(7)51-31;1-12-23(37)35(10,41)30-18(4)26-16(2)14-34(9,48-26)29(47-32-25(38)22(36)13-17(3)43-32)19(5)27(20(6)31(40)46-30)45-24-15-33(8,42-11)28(39)21(7)44-24/h13-17,22-27,29-37,39,43-46,48H,12,18-21H2,1-11H3;16-30,32,37-39,41H,12-15,36H2,1-11H3/t22?,23?,24-,25-,26+,27?,29?,30+,31-,32?,33?,34-,35-,36+,37+,39-,40?,41-,42+;16?,17?,18-,19-,20+,21?,22?,23+,24-,25?,26?,27-,28-,29+,30+,32-,33?,34-,35+/m00/s1. The number of nitrogens with one attached hydrogen (secondary N) is 1. The molecule has 1 aromatic carbocycles. The van der Waals surface area contributed by atoms with Crippen molar-refractivity contribution in [1.82, 2.24) is 5.32 Å². The van der Waals surface area contributed by atoms with E-state index in [1.54, 1.807) is 55.4 Å². The van der Waals surface area contributed by atoms with Crippen molar-refractivity contribution in [2.24, 2.45) is 53.1 Å². The van der Waals surface area contributed by atoms with E-state index in [-0.39, 0.29) is 55.8 Å². The van der Waals surface area contributed by atoms with Crippen LogP contribution in [0.4, 0.5) is 0 Å². The average molecular weight is 1470 g/mol. The van der Waals surface area contributed by atoms with Crippen LogP contribution in [0.15, 0.2) is 30.3 Å². The van der Waals surface area contributed by atoms with Crippen LogP contribution >= 0.6 is 0 Å². The van der Waals surface area contributed by atoms with Crippen molar-refractivity contribution in [3.8, 4) is 0 Å². The Bertz CT molecular complexity index is 2870. The molecule has 9 rings (SSSR count). The molecule has 8 saturated heterocycles. The van der Waals surface area contributed by atoms with Gasteiger partial charge in [0.25, 0.3) is 0 Å². The number of benzene rings is 1. The summed E-state index contributed by atoms with van der Waals surface area (Å²) in [5, 5.41) is 93.8. The van der Waals surface area contributed by atoms with E-state index < -0.39 is 210 Å². The molecule has 8 aliphatic rings. The van der Waals surface area contributed by atoms with Gasteiger partial charge in [0.15, 0.2) is 25.2 Å². The molecule has 8 heterocycles. The van der Waals surface area contributed by atoms with E-state index in [2.05, 4.69) is 12.2 Å². The van der Waals surface area contributed by atoms with E-state index in [1.165, 1.54) is 28.1 Å². The summed E-state index contributed by atoms with van der Waals surface area (Å²) in [6.07, 6.45) is -15.7. The van der Waals surface area contributed by atoms with Crippen molar-refractivity contribution in [2.75, 3.05) is 14.2 Å². The number of hydrogen-bond acceptors (Lipinski definition) is 26. The van der Waals surface area contributed by atoms with Crippen LogP contribution in [0.2, 0.25) is 0 Å². The van der Waals surface area contributed by atoms with Gasteiger partial charge in [-0.25, -0.2) is 0 Å². The Morgan fingerprint density at radius 1 is 0.563 bits per heavy atom. The summed E-state index contributed by atoms with van der Waals surface area (Å²) in [6, 6.07) is 9.09. The number of aliphatic hydroxyl groups is 8. The highest BCUT2D eigenvalue weighted by Gasteiger charge is 2.62. The fourth-order valence-corrected chi connectivity index (χ4v) is 18.5. The molecule has 26 nitrogen and oxygen atoms in total. The first-order valence-corrected chi connectivity index (χ1v) is 38.1. The molecular weight excluding hydrogens is 1340 g/mol. The Balaban J connectivity index is 0.000000264. The summed E-state index contributed by atoms with van der Waals surface area (Å²) in [6.45, 7) is 37.0. The Labute approximate surface area is 611 Å². The van der Waals surface area contributed by atoms with Crippen molar-refractivity contribution >= 4 is 11.9 Å². The van der Waals surface area contributed by atoms with Crippen LogP contribution in [0.25, 0.3) is 0 Å². The first-order valence-electron chi connectivity index (χ1n) is 38.1. The summed E-state index contributed by atoms with van der Waals surface area (Å²) < 4.78 is 89.9. The SMILES string of the molecule is CC[C@@H](O)[C@@](C)(O)[C@@H]1OC(=O)[C@H](C)[C@@H](O[C@H]2CC(C)(OC)[C@@H](O)C(C)O2)[C@H](C)[C@@H](O[C@@H]2OC(C)CC(N)C2O)[C@]2(C)CC(C)C(O2)[C@@H]1C.CC[C@@H](O)[C@@](C)(O)[C@@H]1OC(=O)[C@H](C)[C@@H](O[C@H]2CC(C)(OC)[C@@H](O)C(C)O2)[C@H](C)[C@@H](O[C@@H]2OC(C)CC(NCc3ccccc3)C2O)[C@]2(C)CC(C)C(O2)[C@@H]1C. The van der Waals surface area contributed by atoms with Crippen molar-refractivity contribution in [3.63, 3.8) is 0 Å². The number of ether oxygens (including phenoxy) is 14. The summed E-state index contributed by atoms with van der Waals surface area (Å²) in [5.74, 6) is -5.50.